The second-order valence-electron chi connectivity index (χ2n) is 6.89. The number of nitrogens with one attached hydrogen (secondary N) is 1. The first-order valence-electron chi connectivity index (χ1n) is 9.18. The Bertz CT molecular complexity index is 771. The highest BCUT2D eigenvalue weighted by atomic mass is 16.5. The number of carbonyl (C=O) groups is 1. The summed E-state index contributed by atoms with van der Waals surface area (Å²) in [5.74, 6) is 1.31. The first kappa shape index (κ1) is 17.0. The molecule has 138 valence electrons. The van der Waals surface area contributed by atoms with Crippen LogP contribution in [0, 0.1) is 0 Å². The highest BCUT2D eigenvalue weighted by Gasteiger charge is 2.32. The lowest BCUT2D eigenvalue weighted by molar-refractivity contribution is -0.00553. The molecule has 1 saturated heterocycles. The normalized spacial score (nSPS) is 21.1. The van der Waals surface area contributed by atoms with E-state index in [0.29, 0.717) is 37.3 Å². The van der Waals surface area contributed by atoms with Crippen molar-refractivity contribution in [3.8, 4) is 0 Å². The van der Waals surface area contributed by atoms with Crippen molar-refractivity contribution in [2.24, 2.45) is 7.05 Å². The summed E-state index contributed by atoms with van der Waals surface area (Å²) in [5, 5.41) is 7.72. The Morgan fingerprint density at radius 2 is 2.15 bits per heavy atom. The highest BCUT2D eigenvalue weighted by molar-refractivity contribution is 5.92. The summed E-state index contributed by atoms with van der Waals surface area (Å²) in [6, 6.07) is 3.79. The number of aryl methyl sites for hydroxylation is 1. The van der Waals surface area contributed by atoms with Crippen LogP contribution in [0.1, 0.15) is 48.0 Å². The number of ether oxygens (including phenoxy) is 1. The minimum atomic E-state index is -0.302. The molecule has 0 spiro atoms. The molecule has 3 heterocycles. The molecule has 8 heteroatoms. The molecule has 1 N–H and O–H groups in total. The summed E-state index contributed by atoms with van der Waals surface area (Å²) in [7, 11) is 1.80. The maximum absolute atomic E-state index is 12.9. The van der Waals surface area contributed by atoms with Crippen LogP contribution in [-0.2, 0) is 11.8 Å². The number of carbonyl (C=O) groups excluding carboxylic acids is 1. The van der Waals surface area contributed by atoms with E-state index >= 15 is 0 Å². The number of anilines is 1. The summed E-state index contributed by atoms with van der Waals surface area (Å²) >= 11 is 0. The molecule has 2 aromatic heterocycles. The zero-order valence-electron chi connectivity index (χ0n) is 15.0. The molecule has 2 aliphatic rings. The Balaban J connectivity index is 1.55. The van der Waals surface area contributed by atoms with Crippen LogP contribution < -0.4 is 5.32 Å². The smallest absolute Gasteiger partial charge is 0.275 e. The molecule has 2 fully saturated rings. The molecule has 2 aromatic rings. The minimum Gasteiger partial charge on any atom is -0.377 e. The van der Waals surface area contributed by atoms with Gasteiger partial charge in [0.05, 0.1) is 13.2 Å². The van der Waals surface area contributed by atoms with E-state index in [4.69, 9.17) is 4.74 Å². The fourth-order valence-electron chi connectivity index (χ4n) is 3.63. The Labute approximate surface area is 152 Å². The van der Waals surface area contributed by atoms with Gasteiger partial charge in [-0.05, 0) is 25.0 Å². The van der Waals surface area contributed by atoms with Gasteiger partial charge in [-0.25, -0.2) is 9.97 Å². The number of morpholine rings is 1. The third-order valence-electron chi connectivity index (χ3n) is 5.00. The Morgan fingerprint density at radius 3 is 2.92 bits per heavy atom. The van der Waals surface area contributed by atoms with Crippen LogP contribution in [0.4, 0.5) is 5.82 Å². The highest BCUT2D eigenvalue weighted by Crippen LogP contribution is 2.25. The van der Waals surface area contributed by atoms with Crippen molar-refractivity contribution >= 4 is 11.7 Å². The molecule has 1 amide bonds. The van der Waals surface area contributed by atoms with E-state index in [1.807, 2.05) is 6.07 Å². The van der Waals surface area contributed by atoms with Crippen molar-refractivity contribution in [3.63, 3.8) is 0 Å². The molecule has 0 aromatic carbocycles. The van der Waals surface area contributed by atoms with Gasteiger partial charge in [-0.15, -0.1) is 0 Å². The molecule has 1 saturated carbocycles. The van der Waals surface area contributed by atoms with Crippen molar-refractivity contribution < 1.29 is 9.53 Å². The third kappa shape index (κ3) is 3.55. The van der Waals surface area contributed by atoms with Gasteiger partial charge >= 0.3 is 0 Å². The van der Waals surface area contributed by atoms with Gasteiger partial charge in [0.25, 0.3) is 5.91 Å². The van der Waals surface area contributed by atoms with Crippen LogP contribution in [0.3, 0.4) is 0 Å². The fourth-order valence-corrected chi connectivity index (χ4v) is 3.63. The van der Waals surface area contributed by atoms with Crippen LogP contribution in [0.15, 0.2) is 24.5 Å². The van der Waals surface area contributed by atoms with Crippen LogP contribution in [-0.4, -0.2) is 56.4 Å². The van der Waals surface area contributed by atoms with Crippen LogP contribution in [0.5, 0.6) is 0 Å². The lowest BCUT2D eigenvalue weighted by Gasteiger charge is -2.34. The molecular weight excluding hydrogens is 332 g/mol. The second-order valence-corrected chi connectivity index (χ2v) is 6.89. The number of amides is 1. The summed E-state index contributed by atoms with van der Waals surface area (Å²) < 4.78 is 7.24. The third-order valence-corrected chi connectivity index (χ3v) is 5.00. The minimum absolute atomic E-state index is 0.114. The number of aromatic nitrogens is 4. The SMILES string of the molecule is Cn1ccc(C(=O)N2CCOCC2c2nccc(NC3CCCC3)n2)n1. The standard InChI is InChI=1S/C18H24N6O2/c1-23-9-7-14(22-23)18(25)24-10-11-26-12-15(24)17-19-8-6-16(21-17)20-13-4-2-3-5-13/h6-9,13,15H,2-5,10-12H2,1H3,(H,19,20,21). The van der Waals surface area contributed by atoms with Crippen molar-refractivity contribution in [2.45, 2.75) is 37.8 Å². The number of hydrogen-bond acceptors (Lipinski definition) is 6. The van der Waals surface area contributed by atoms with Crippen LogP contribution >= 0.6 is 0 Å². The molecule has 8 nitrogen and oxygen atoms in total. The van der Waals surface area contributed by atoms with E-state index in [9.17, 15) is 4.79 Å². The largest absolute Gasteiger partial charge is 0.377 e. The first-order chi connectivity index (χ1) is 12.7. The number of rotatable bonds is 4. The average molecular weight is 356 g/mol. The van der Waals surface area contributed by atoms with Gasteiger partial charge in [0.1, 0.15) is 17.6 Å². The monoisotopic (exact) mass is 356 g/mol. The van der Waals surface area contributed by atoms with Crippen LogP contribution in [0.25, 0.3) is 0 Å². The lowest BCUT2D eigenvalue weighted by Crippen LogP contribution is -2.44. The lowest BCUT2D eigenvalue weighted by atomic mass is 10.2. The molecular formula is C18H24N6O2. The van der Waals surface area contributed by atoms with Gasteiger partial charge in [-0.2, -0.15) is 5.10 Å². The summed E-state index contributed by atoms with van der Waals surface area (Å²) in [4.78, 5) is 23.7. The van der Waals surface area contributed by atoms with E-state index in [1.165, 1.54) is 25.7 Å². The average Bonchev–Trinajstić information content (AvgIpc) is 3.33. The van der Waals surface area contributed by atoms with E-state index in [0.717, 1.165) is 5.82 Å². The predicted octanol–water partition coefficient (Wildman–Crippen LogP) is 1.78. The molecule has 1 aliphatic heterocycles. The van der Waals surface area contributed by atoms with Crippen molar-refractivity contribution in [1.82, 2.24) is 24.6 Å². The molecule has 1 atom stereocenters. The maximum atomic E-state index is 12.9. The molecule has 0 bridgehead atoms. The Hall–Kier alpha value is -2.48. The molecule has 4 rings (SSSR count). The van der Waals surface area contributed by atoms with Gasteiger partial charge in [-0.3, -0.25) is 9.48 Å². The molecule has 0 radical (unpaired) electrons. The summed E-state index contributed by atoms with van der Waals surface area (Å²) in [5.41, 5.74) is 0.430. The topological polar surface area (TPSA) is 85.2 Å². The van der Waals surface area contributed by atoms with Crippen molar-refractivity contribution in [3.05, 3.63) is 36.0 Å². The summed E-state index contributed by atoms with van der Waals surface area (Å²) in [6.07, 6.45) is 8.39. The summed E-state index contributed by atoms with van der Waals surface area (Å²) in [6.45, 7) is 1.41. The number of hydrogen-bond donors (Lipinski definition) is 1. The van der Waals surface area contributed by atoms with Gasteiger partial charge in [0, 0.05) is 32.0 Å². The second kappa shape index (κ2) is 7.41. The van der Waals surface area contributed by atoms with Gasteiger partial charge in [0.2, 0.25) is 0 Å². The quantitative estimate of drug-likeness (QED) is 0.899. The zero-order chi connectivity index (χ0) is 17.9. The predicted molar refractivity (Wildman–Crippen MR) is 95.7 cm³/mol. The fraction of sp³-hybridized carbons (Fsp3) is 0.556. The molecule has 1 unspecified atom stereocenters. The van der Waals surface area contributed by atoms with Crippen molar-refractivity contribution in [2.75, 3.05) is 25.1 Å². The van der Waals surface area contributed by atoms with Crippen molar-refractivity contribution in [1.29, 1.82) is 0 Å². The molecule has 1 aliphatic carbocycles. The van der Waals surface area contributed by atoms with E-state index in [2.05, 4.69) is 20.4 Å². The molecule has 26 heavy (non-hydrogen) atoms. The Morgan fingerprint density at radius 1 is 1.31 bits per heavy atom. The number of nitrogens with zero attached hydrogens (tertiary/aromatic N) is 5. The van der Waals surface area contributed by atoms with Crippen LogP contribution in [0.2, 0.25) is 0 Å². The van der Waals surface area contributed by atoms with E-state index in [1.54, 1.807) is 35.1 Å². The zero-order valence-corrected chi connectivity index (χ0v) is 15.0. The van der Waals surface area contributed by atoms with E-state index in [-0.39, 0.29) is 11.9 Å². The first-order valence-corrected chi connectivity index (χ1v) is 9.18. The maximum Gasteiger partial charge on any atom is 0.275 e. The Kier molecular flexibility index (Phi) is 4.83. The van der Waals surface area contributed by atoms with Gasteiger partial charge in [0.15, 0.2) is 5.82 Å². The van der Waals surface area contributed by atoms with Gasteiger partial charge < -0.3 is 15.0 Å². The van der Waals surface area contributed by atoms with E-state index < -0.39 is 0 Å². The van der Waals surface area contributed by atoms with Gasteiger partial charge in [-0.1, -0.05) is 12.8 Å².